The Labute approximate surface area is 172 Å². The van der Waals surface area contributed by atoms with Gasteiger partial charge in [0.25, 0.3) is 0 Å². The van der Waals surface area contributed by atoms with Crippen LogP contribution in [0.1, 0.15) is 25.0 Å². The maximum atomic E-state index is 12.0. The molecule has 0 aromatic heterocycles. The summed E-state index contributed by atoms with van der Waals surface area (Å²) in [5.74, 6) is 6.64. The Hall–Kier alpha value is -2.64. The summed E-state index contributed by atoms with van der Waals surface area (Å²) in [6, 6.07) is 16.0. The van der Waals surface area contributed by atoms with E-state index in [9.17, 15) is 4.79 Å². The number of hydrogen-bond acceptors (Lipinski definition) is 3. The van der Waals surface area contributed by atoms with E-state index in [0.29, 0.717) is 24.8 Å². The van der Waals surface area contributed by atoms with E-state index < -0.39 is 0 Å². The van der Waals surface area contributed by atoms with Crippen molar-refractivity contribution in [3.63, 3.8) is 0 Å². The molecule has 2 rings (SSSR count). The second-order valence-corrected chi connectivity index (χ2v) is 8.16. The zero-order valence-corrected chi connectivity index (χ0v) is 17.4. The smallest absolute Gasteiger partial charge is 0.225 e. The molecule has 0 heterocycles. The molecular formula is C24H27NO2S. The SMILES string of the molecule is C=CCc1ccccc1OCC#CCNC(=O)Cc1ccc(SC(C)C)cc1. The number of nitrogens with one attached hydrogen (secondary N) is 1. The fourth-order valence-corrected chi connectivity index (χ4v) is 3.38. The zero-order chi connectivity index (χ0) is 20.2. The van der Waals surface area contributed by atoms with Crippen molar-refractivity contribution in [2.75, 3.05) is 13.2 Å². The standard InChI is InChI=1S/C24H27NO2S/c1-4-9-21-10-5-6-11-23(21)27-17-8-7-16-25-24(26)18-20-12-14-22(15-13-20)28-19(2)3/h4-6,10-15,19H,1,9,16-18H2,2-3H3,(H,25,26). The lowest BCUT2D eigenvalue weighted by atomic mass is 10.1. The molecule has 146 valence electrons. The Morgan fingerprint density at radius 3 is 2.64 bits per heavy atom. The van der Waals surface area contributed by atoms with Crippen LogP contribution < -0.4 is 10.1 Å². The molecule has 0 saturated heterocycles. The fourth-order valence-electron chi connectivity index (χ4n) is 2.54. The van der Waals surface area contributed by atoms with Gasteiger partial charge in [-0.05, 0) is 35.7 Å². The quantitative estimate of drug-likeness (QED) is 0.383. The fraction of sp³-hybridized carbons (Fsp3) is 0.292. The number of amides is 1. The third-order valence-electron chi connectivity index (χ3n) is 3.80. The Kier molecular flexibility index (Phi) is 9.24. The van der Waals surface area contributed by atoms with Crippen LogP contribution in [0.4, 0.5) is 0 Å². The summed E-state index contributed by atoms with van der Waals surface area (Å²) in [6.07, 6.45) is 2.97. The average molecular weight is 394 g/mol. The zero-order valence-electron chi connectivity index (χ0n) is 16.5. The van der Waals surface area contributed by atoms with Crippen LogP contribution in [0.3, 0.4) is 0 Å². The highest BCUT2D eigenvalue weighted by molar-refractivity contribution is 7.99. The predicted octanol–water partition coefficient (Wildman–Crippen LogP) is 4.66. The molecule has 0 bridgehead atoms. The molecule has 0 saturated carbocycles. The molecule has 1 N–H and O–H groups in total. The molecule has 2 aromatic carbocycles. The Balaban J connectivity index is 1.71. The minimum atomic E-state index is -0.0317. The van der Waals surface area contributed by atoms with Crippen LogP contribution in [0, 0.1) is 11.8 Å². The molecule has 0 aliphatic rings. The van der Waals surface area contributed by atoms with Gasteiger partial charge in [-0.1, -0.05) is 62.1 Å². The van der Waals surface area contributed by atoms with E-state index in [1.54, 1.807) is 0 Å². The van der Waals surface area contributed by atoms with Gasteiger partial charge < -0.3 is 10.1 Å². The second kappa shape index (κ2) is 11.9. The van der Waals surface area contributed by atoms with Gasteiger partial charge in [-0.15, -0.1) is 18.3 Å². The van der Waals surface area contributed by atoms with Crippen LogP contribution in [-0.4, -0.2) is 24.3 Å². The third kappa shape index (κ3) is 7.94. The van der Waals surface area contributed by atoms with E-state index in [1.807, 2.05) is 54.2 Å². The van der Waals surface area contributed by atoms with Crippen LogP contribution >= 0.6 is 11.8 Å². The van der Waals surface area contributed by atoms with E-state index in [0.717, 1.165) is 23.3 Å². The van der Waals surface area contributed by atoms with Gasteiger partial charge in [0.05, 0.1) is 13.0 Å². The Morgan fingerprint density at radius 1 is 1.18 bits per heavy atom. The first-order valence-electron chi connectivity index (χ1n) is 9.38. The number of para-hydroxylation sites is 1. The maximum Gasteiger partial charge on any atom is 0.225 e. The van der Waals surface area contributed by atoms with Crippen LogP contribution in [-0.2, 0) is 17.6 Å². The van der Waals surface area contributed by atoms with Crippen molar-refractivity contribution in [1.82, 2.24) is 5.32 Å². The number of rotatable bonds is 9. The highest BCUT2D eigenvalue weighted by atomic mass is 32.2. The van der Waals surface area contributed by atoms with Crippen LogP contribution in [0.5, 0.6) is 5.75 Å². The summed E-state index contributed by atoms with van der Waals surface area (Å²) >= 11 is 1.81. The summed E-state index contributed by atoms with van der Waals surface area (Å²) < 4.78 is 5.69. The largest absolute Gasteiger partial charge is 0.481 e. The molecular weight excluding hydrogens is 366 g/mol. The number of benzene rings is 2. The van der Waals surface area contributed by atoms with E-state index in [1.165, 1.54) is 4.90 Å². The molecule has 0 atom stereocenters. The van der Waals surface area contributed by atoms with Gasteiger partial charge in [0.15, 0.2) is 0 Å². The molecule has 0 aliphatic heterocycles. The highest BCUT2D eigenvalue weighted by Crippen LogP contribution is 2.23. The Morgan fingerprint density at radius 2 is 1.93 bits per heavy atom. The molecule has 28 heavy (non-hydrogen) atoms. The summed E-state index contributed by atoms with van der Waals surface area (Å²) in [6.45, 7) is 8.69. The molecule has 4 heteroatoms. The van der Waals surface area contributed by atoms with E-state index in [4.69, 9.17) is 4.74 Å². The minimum absolute atomic E-state index is 0.0317. The summed E-state index contributed by atoms with van der Waals surface area (Å²) in [7, 11) is 0. The van der Waals surface area contributed by atoms with Crippen molar-refractivity contribution in [1.29, 1.82) is 0 Å². The van der Waals surface area contributed by atoms with Gasteiger partial charge in [0.1, 0.15) is 12.4 Å². The molecule has 0 radical (unpaired) electrons. The number of ether oxygens (including phenoxy) is 1. The molecule has 0 aliphatic carbocycles. The number of carbonyl (C=O) groups excluding carboxylic acids is 1. The summed E-state index contributed by atoms with van der Waals surface area (Å²) in [4.78, 5) is 13.2. The molecule has 2 aromatic rings. The second-order valence-electron chi connectivity index (χ2n) is 6.51. The molecule has 0 unspecified atom stereocenters. The first kappa shape index (κ1) is 21.7. The van der Waals surface area contributed by atoms with Gasteiger partial charge >= 0.3 is 0 Å². The van der Waals surface area contributed by atoms with Crippen molar-refractivity contribution < 1.29 is 9.53 Å². The van der Waals surface area contributed by atoms with Crippen molar-refractivity contribution in [3.8, 4) is 17.6 Å². The van der Waals surface area contributed by atoms with Crippen LogP contribution in [0.15, 0.2) is 66.1 Å². The minimum Gasteiger partial charge on any atom is -0.481 e. The molecule has 0 fully saturated rings. The number of thioether (sulfide) groups is 1. The van der Waals surface area contributed by atoms with Crippen LogP contribution in [0.2, 0.25) is 0 Å². The average Bonchev–Trinajstić information content (AvgIpc) is 2.67. The number of carbonyl (C=O) groups is 1. The number of hydrogen-bond donors (Lipinski definition) is 1. The monoisotopic (exact) mass is 393 g/mol. The third-order valence-corrected chi connectivity index (χ3v) is 4.81. The van der Waals surface area contributed by atoms with Crippen molar-refractivity contribution in [3.05, 3.63) is 72.3 Å². The van der Waals surface area contributed by atoms with Gasteiger partial charge in [-0.2, -0.15) is 0 Å². The van der Waals surface area contributed by atoms with E-state index in [-0.39, 0.29) is 5.91 Å². The highest BCUT2D eigenvalue weighted by Gasteiger charge is 2.03. The van der Waals surface area contributed by atoms with Gasteiger partial charge in [-0.3, -0.25) is 4.79 Å². The van der Waals surface area contributed by atoms with E-state index >= 15 is 0 Å². The summed E-state index contributed by atoms with van der Waals surface area (Å²) in [5, 5.41) is 3.37. The lowest BCUT2D eigenvalue weighted by molar-refractivity contribution is -0.120. The topological polar surface area (TPSA) is 38.3 Å². The maximum absolute atomic E-state index is 12.0. The Bertz CT molecular complexity index is 832. The predicted molar refractivity (Wildman–Crippen MR) is 118 cm³/mol. The summed E-state index contributed by atoms with van der Waals surface area (Å²) in [5.41, 5.74) is 2.09. The van der Waals surface area contributed by atoms with Crippen LogP contribution in [0.25, 0.3) is 0 Å². The van der Waals surface area contributed by atoms with Crippen molar-refractivity contribution in [2.24, 2.45) is 0 Å². The van der Waals surface area contributed by atoms with E-state index in [2.05, 4.69) is 49.7 Å². The first-order chi connectivity index (χ1) is 13.6. The van der Waals surface area contributed by atoms with Gasteiger partial charge in [-0.25, -0.2) is 0 Å². The lowest BCUT2D eigenvalue weighted by Gasteiger charge is -2.07. The lowest BCUT2D eigenvalue weighted by Crippen LogP contribution is -2.25. The number of allylic oxidation sites excluding steroid dienone is 1. The van der Waals surface area contributed by atoms with Gasteiger partial charge in [0, 0.05) is 10.1 Å². The molecule has 0 spiro atoms. The molecule has 1 amide bonds. The van der Waals surface area contributed by atoms with Crippen molar-refractivity contribution in [2.45, 2.75) is 36.8 Å². The van der Waals surface area contributed by atoms with Crippen molar-refractivity contribution >= 4 is 17.7 Å². The molecule has 3 nitrogen and oxygen atoms in total. The van der Waals surface area contributed by atoms with Gasteiger partial charge in [0.2, 0.25) is 5.91 Å². The normalized spacial score (nSPS) is 10.1. The first-order valence-corrected chi connectivity index (χ1v) is 10.3.